The molecule has 0 aliphatic carbocycles. The SMILES string of the molecule is C#CCOc1c(I)cc(CNc2ccc(C)c(Cl)c2)cc1OC. The minimum atomic E-state index is 0.214. The van der Waals surface area contributed by atoms with Crippen molar-refractivity contribution in [3.8, 4) is 23.8 Å². The third-order valence-electron chi connectivity index (χ3n) is 3.26. The Morgan fingerprint density at radius 2 is 2.09 bits per heavy atom. The molecule has 120 valence electrons. The minimum absolute atomic E-state index is 0.214. The Hall–Kier alpha value is -1.58. The van der Waals surface area contributed by atoms with Crippen molar-refractivity contribution in [3.63, 3.8) is 0 Å². The van der Waals surface area contributed by atoms with Gasteiger partial charge in [0.15, 0.2) is 11.5 Å². The van der Waals surface area contributed by atoms with Gasteiger partial charge in [-0.2, -0.15) is 0 Å². The molecule has 0 aliphatic rings. The standard InChI is InChI=1S/C18H17ClINO2/c1-4-7-23-18-16(20)8-13(9-17(18)22-3)11-21-14-6-5-12(2)15(19)10-14/h1,5-6,8-10,21H,7,11H2,2-3H3. The molecular weight excluding hydrogens is 425 g/mol. The van der Waals surface area contributed by atoms with Crippen molar-refractivity contribution in [1.29, 1.82) is 0 Å². The van der Waals surface area contributed by atoms with Crippen LogP contribution in [0.3, 0.4) is 0 Å². The molecule has 0 saturated carbocycles. The molecule has 0 saturated heterocycles. The van der Waals surface area contributed by atoms with Gasteiger partial charge in [0.05, 0.1) is 10.7 Å². The maximum Gasteiger partial charge on any atom is 0.175 e. The van der Waals surface area contributed by atoms with Crippen molar-refractivity contribution in [3.05, 3.63) is 50.1 Å². The zero-order chi connectivity index (χ0) is 16.8. The van der Waals surface area contributed by atoms with Gasteiger partial charge in [0, 0.05) is 17.3 Å². The molecule has 1 N–H and O–H groups in total. The van der Waals surface area contributed by atoms with Crippen molar-refractivity contribution in [2.45, 2.75) is 13.5 Å². The quantitative estimate of drug-likeness (QED) is 0.512. The number of hydrogen-bond acceptors (Lipinski definition) is 3. The zero-order valence-electron chi connectivity index (χ0n) is 13.0. The zero-order valence-corrected chi connectivity index (χ0v) is 15.9. The van der Waals surface area contributed by atoms with Crippen LogP contribution in [0, 0.1) is 22.8 Å². The van der Waals surface area contributed by atoms with Crippen LogP contribution in [0.25, 0.3) is 0 Å². The number of rotatable bonds is 6. The van der Waals surface area contributed by atoms with Crippen LogP contribution in [-0.4, -0.2) is 13.7 Å². The molecule has 2 aromatic carbocycles. The molecule has 0 radical (unpaired) electrons. The monoisotopic (exact) mass is 441 g/mol. The largest absolute Gasteiger partial charge is 0.493 e. The minimum Gasteiger partial charge on any atom is -0.493 e. The summed E-state index contributed by atoms with van der Waals surface area (Å²) in [5.74, 6) is 3.81. The van der Waals surface area contributed by atoms with E-state index in [4.69, 9.17) is 27.5 Å². The molecule has 2 aromatic rings. The predicted octanol–water partition coefficient (Wildman–Crippen LogP) is 4.89. The third kappa shape index (κ3) is 4.69. The van der Waals surface area contributed by atoms with Crippen LogP contribution in [0.15, 0.2) is 30.3 Å². The summed E-state index contributed by atoms with van der Waals surface area (Å²) in [4.78, 5) is 0. The Morgan fingerprint density at radius 1 is 1.30 bits per heavy atom. The molecule has 0 atom stereocenters. The predicted molar refractivity (Wildman–Crippen MR) is 104 cm³/mol. The number of hydrogen-bond donors (Lipinski definition) is 1. The van der Waals surface area contributed by atoms with Gasteiger partial charge >= 0.3 is 0 Å². The molecule has 5 heteroatoms. The lowest BCUT2D eigenvalue weighted by Gasteiger charge is -2.14. The molecule has 0 unspecified atom stereocenters. The van der Waals surface area contributed by atoms with E-state index in [0.717, 1.165) is 25.4 Å². The van der Waals surface area contributed by atoms with Crippen LogP contribution in [0.1, 0.15) is 11.1 Å². The summed E-state index contributed by atoms with van der Waals surface area (Å²) in [5, 5.41) is 4.10. The highest BCUT2D eigenvalue weighted by atomic mass is 127. The summed E-state index contributed by atoms with van der Waals surface area (Å²) >= 11 is 8.36. The number of halogens is 2. The molecule has 23 heavy (non-hydrogen) atoms. The lowest BCUT2D eigenvalue weighted by atomic mass is 10.2. The molecule has 2 rings (SSSR count). The number of terminal acetylenes is 1. The average molecular weight is 442 g/mol. The number of benzene rings is 2. The van der Waals surface area contributed by atoms with E-state index in [1.54, 1.807) is 7.11 Å². The number of methoxy groups -OCH3 is 1. The van der Waals surface area contributed by atoms with Gasteiger partial charge in [-0.3, -0.25) is 0 Å². The summed E-state index contributed by atoms with van der Waals surface area (Å²) in [6, 6.07) is 9.90. The summed E-state index contributed by atoms with van der Waals surface area (Å²) < 4.78 is 11.9. The van der Waals surface area contributed by atoms with Crippen LogP contribution < -0.4 is 14.8 Å². The van der Waals surface area contributed by atoms with E-state index in [1.807, 2.05) is 37.3 Å². The lowest BCUT2D eigenvalue weighted by molar-refractivity contribution is 0.328. The maximum atomic E-state index is 6.14. The highest BCUT2D eigenvalue weighted by molar-refractivity contribution is 14.1. The van der Waals surface area contributed by atoms with E-state index in [1.165, 1.54) is 0 Å². The van der Waals surface area contributed by atoms with Crippen molar-refractivity contribution < 1.29 is 9.47 Å². The van der Waals surface area contributed by atoms with Crippen LogP contribution in [-0.2, 0) is 6.54 Å². The van der Waals surface area contributed by atoms with Gasteiger partial charge in [0.1, 0.15) is 6.61 Å². The topological polar surface area (TPSA) is 30.5 Å². The normalized spacial score (nSPS) is 10.0. The van der Waals surface area contributed by atoms with Crippen LogP contribution in [0.4, 0.5) is 5.69 Å². The first-order chi connectivity index (χ1) is 11.0. The second-order valence-corrected chi connectivity index (χ2v) is 6.49. The molecular formula is C18H17ClINO2. The van der Waals surface area contributed by atoms with Gasteiger partial charge in [-0.15, -0.1) is 6.42 Å². The Morgan fingerprint density at radius 3 is 2.74 bits per heavy atom. The molecule has 0 spiro atoms. The van der Waals surface area contributed by atoms with E-state index < -0.39 is 0 Å². The molecule has 0 aliphatic heterocycles. The smallest absolute Gasteiger partial charge is 0.175 e. The first-order valence-corrected chi connectivity index (χ1v) is 8.43. The first kappa shape index (κ1) is 17.8. The summed E-state index contributed by atoms with van der Waals surface area (Å²) in [6.07, 6.45) is 5.24. The molecule has 0 heterocycles. The fraction of sp³-hybridized carbons (Fsp3) is 0.222. The van der Waals surface area contributed by atoms with Crippen molar-refractivity contribution in [1.82, 2.24) is 0 Å². The number of ether oxygens (including phenoxy) is 2. The van der Waals surface area contributed by atoms with Crippen LogP contribution in [0.5, 0.6) is 11.5 Å². The highest BCUT2D eigenvalue weighted by Gasteiger charge is 2.11. The van der Waals surface area contributed by atoms with Gasteiger partial charge in [0.25, 0.3) is 0 Å². The average Bonchev–Trinajstić information content (AvgIpc) is 2.54. The Kier molecular flexibility index (Phi) is 6.43. The Bertz CT molecular complexity index is 741. The van der Waals surface area contributed by atoms with E-state index in [0.29, 0.717) is 18.0 Å². The van der Waals surface area contributed by atoms with E-state index in [2.05, 4.69) is 33.8 Å². The number of nitrogens with one attached hydrogen (secondary N) is 1. The highest BCUT2D eigenvalue weighted by Crippen LogP contribution is 2.34. The van der Waals surface area contributed by atoms with Gasteiger partial charge < -0.3 is 14.8 Å². The van der Waals surface area contributed by atoms with E-state index >= 15 is 0 Å². The second-order valence-electron chi connectivity index (χ2n) is 4.92. The molecule has 0 aromatic heterocycles. The maximum absolute atomic E-state index is 6.14. The van der Waals surface area contributed by atoms with E-state index in [9.17, 15) is 0 Å². The molecule has 0 fully saturated rings. The number of aryl methyl sites for hydroxylation is 1. The van der Waals surface area contributed by atoms with Crippen molar-refractivity contribution in [2.75, 3.05) is 19.0 Å². The third-order valence-corrected chi connectivity index (χ3v) is 4.47. The Labute approximate surface area is 155 Å². The van der Waals surface area contributed by atoms with Gasteiger partial charge in [-0.25, -0.2) is 0 Å². The summed E-state index contributed by atoms with van der Waals surface area (Å²) in [7, 11) is 1.62. The van der Waals surface area contributed by atoms with Crippen molar-refractivity contribution >= 4 is 39.9 Å². The molecule has 3 nitrogen and oxygen atoms in total. The fourth-order valence-corrected chi connectivity index (χ4v) is 3.04. The molecule has 0 amide bonds. The molecule has 0 bridgehead atoms. The van der Waals surface area contributed by atoms with Gasteiger partial charge in [-0.05, 0) is 64.9 Å². The van der Waals surface area contributed by atoms with E-state index in [-0.39, 0.29) is 6.61 Å². The lowest BCUT2D eigenvalue weighted by Crippen LogP contribution is -2.03. The first-order valence-electron chi connectivity index (χ1n) is 6.98. The second kappa shape index (κ2) is 8.32. The number of anilines is 1. The fourth-order valence-electron chi connectivity index (χ4n) is 2.04. The van der Waals surface area contributed by atoms with Crippen molar-refractivity contribution in [2.24, 2.45) is 0 Å². The summed E-state index contributed by atoms with van der Waals surface area (Å²) in [6.45, 7) is 2.85. The Balaban J connectivity index is 2.15. The van der Waals surface area contributed by atoms with Gasteiger partial charge in [0.2, 0.25) is 0 Å². The van der Waals surface area contributed by atoms with Gasteiger partial charge in [-0.1, -0.05) is 23.6 Å². The summed E-state index contributed by atoms with van der Waals surface area (Å²) in [5.41, 5.74) is 3.11. The van der Waals surface area contributed by atoms with Crippen LogP contribution in [0.2, 0.25) is 5.02 Å². The van der Waals surface area contributed by atoms with Crippen LogP contribution >= 0.6 is 34.2 Å².